The molecule has 0 N–H and O–H groups in total. The van der Waals surface area contributed by atoms with Gasteiger partial charge in [-0.25, -0.2) is 0 Å². The Labute approximate surface area is 65.3 Å². The summed E-state index contributed by atoms with van der Waals surface area (Å²) in [5.74, 6) is 1.74. The van der Waals surface area contributed by atoms with Gasteiger partial charge in [0.1, 0.15) is 0 Å². The Morgan fingerprint density at radius 1 is 1.20 bits per heavy atom. The summed E-state index contributed by atoms with van der Waals surface area (Å²) in [5.41, 5.74) is 0. The van der Waals surface area contributed by atoms with Gasteiger partial charge in [-0.1, -0.05) is 39.8 Å². The summed E-state index contributed by atoms with van der Waals surface area (Å²) in [4.78, 5) is 0. The summed E-state index contributed by atoms with van der Waals surface area (Å²) >= 11 is 0. The first kappa shape index (κ1) is 9.74. The molecule has 0 aromatic rings. The second-order valence-corrected chi connectivity index (χ2v) is 2.84. The van der Waals surface area contributed by atoms with Crippen molar-refractivity contribution in [3.63, 3.8) is 0 Å². The van der Waals surface area contributed by atoms with Crippen LogP contribution in [-0.2, 0) is 0 Å². The van der Waals surface area contributed by atoms with Crippen LogP contribution in [0.1, 0.15) is 40.5 Å². The predicted octanol–water partition coefficient (Wildman–Crippen LogP) is 3.63. The fourth-order valence-corrected chi connectivity index (χ4v) is 1.12. The average Bonchev–Trinajstić information content (AvgIpc) is 2.00. The number of allylic oxidation sites excluding steroid dienone is 2. The van der Waals surface area contributed by atoms with Crippen LogP contribution >= 0.6 is 0 Å². The lowest BCUT2D eigenvalue weighted by Crippen LogP contribution is -2.07. The summed E-state index contributed by atoms with van der Waals surface area (Å²) in [6.07, 6.45) is 7.31. The molecule has 0 fully saturated rings. The smallest absolute Gasteiger partial charge is 0.0236 e. The first-order valence-corrected chi connectivity index (χ1v) is 4.47. The minimum absolute atomic E-state index is 0.823. The standard InChI is InChI=1S/C8H14.C2H6/c1-7-5-3-4-6-8(7)2;1-2/h3,5,7-8H,4,6H2,1-2H3;1-2H3. The van der Waals surface area contributed by atoms with Crippen molar-refractivity contribution in [1.29, 1.82) is 0 Å². The third kappa shape index (κ3) is 3.05. The van der Waals surface area contributed by atoms with Crippen molar-refractivity contribution in [2.45, 2.75) is 40.5 Å². The van der Waals surface area contributed by atoms with E-state index < -0.39 is 0 Å². The Kier molecular flexibility index (Phi) is 5.38. The van der Waals surface area contributed by atoms with E-state index in [0.29, 0.717) is 0 Å². The summed E-state index contributed by atoms with van der Waals surface area (Å²) < 4.78 is 0. The number of rotatable bonds is 0. The molecule has 0 aromatic heterocycles. The first-order chi connectivity index (χ1) is 4.80. The van der Waals surface area contributed by atoms with Gasteiger partial charge < -0.3 is 0 Å². The van der Waals surface area contributed by atoms with E-state index in [1.165, 1.54) is 12.8 Å². The summed E-state index contributed by atoms with van der Waals surface area (Å²) in [6, 6.07) is 0. The summed E-state index contributed by atoms with van der Waals surface area (Å²) in [7, 11) is 0. The Hall–Kier alpha value is -0.260. The maximum absolute atomic E-state index is 2.33. The Morgan fingerprint density at radius 2 is 1.80 bits per heavy atom. The van der Waals surface area contributed by atoms with Crippen molar-refractivity contribution in [1.82, 2.24) is 0 Å². The molecule has 0 heterocycles. The Morgan fingerprint density at radius 3 is 2.10 bits per heavy atom. The molecule has 2 atom stereocenters. The molecule has 0 saturated carbocycles. The molecule has 0 radical (unpaired) electrons. The molecule has 0 heteroatoms. The van der Waals surface area contributed by atoms with E-state index in [4.69, 9.17) is 0 Å². The SMILES string of the molecule is CC.CC1C=CCCC1C. The third-order valence-electron chi connectivity index (χ3n) is 2.13. The van der Waals surface area contributed by atoms with E-state index >= 15 is 0 Å². The van der Waals surface area contributed by atoms with Crippen LogP contribution < -0.4 is 0 Å². The lowest BCUT2D eigenvalue weighted by atomic mass is 9.87. The molecule has 1 rings (SSSR count). The second kappa shape index (κ2) is 5.52. The van der Waals surface area contributed by atoms with E-state index in [-0.39, 0.29) is 0 Å². The van der Waals surface area contributed by atoms with Gasteiger partial charge in [-0.3, -0.25) is 0 Å². The highest BCUT2D eigenvalue weighted by Crippen LogP contribution is 2.22. The summed E-state index contributed by atoms with van der Waals surface area (Å²) in [5, 5.41) is 0. The normalized spacial score (nSPS) is 30.8. The van der Waals surface area contributed by atoms with Gasteiger partial charge in [-0.05, 0) is 24.7 Å². The molecule has 10 heavy (non-hydrogen) atoms. The van der Waals surface area contributed by atoms with Crippen LogP contribution in [0.5, 0.6) is 0 Å². The minimum Gasteiger partial charge on any atom is -0.0882 e. The van der Waals surface area contributed by atoms with Gasteiger partial charge >= 0.3 is 0 Å². The van der Waals surface area contributed by atoms with E-state index in [1.54, 1.807) is 0 Å². The zero-order valence-electron chi connectivity index (χ0n) is 7.72. The molecular formula is C10H20. The van der Waals surface area contributed by atoms with E-state index in [2.05, 4.69) is 26.0 Å². The van der Waals surface area contributed by atoms with E-state index in [9.17, 15) is 0 Å². The fraction of sp³-hybridized carbons (Fsp3) is 0.800. The van der Waals surface area contributed by atoms with Gasteiger partial charge in [0.2, 0.25) is 0 Å². The summed E-state index contributed by atoms with van der Waals surface area (Å²) in [6.45, 7) is 8.62. The lowest BCUT2D eigenvalue weighted by molar-refractivity contribution is 0.413. The van der Waals surface area contributed by atoms with Gasteiger partial charge in [0.05, 0.1) is 0 Å². The molecule has 0 bridgehead atoms. The predicted molar refractivity (Wildman–Crippen MR) is 48.1 cm³/mol. The largest absolute Gasteiger partial charge is 0.0882 e. The highest BCUT2D eigenvalue weighted by molar-refractivity contribution is 4.93. The van der Waals surface area contributed by atoms with Gasteiger partial charge in [0.15, 0.2) is 0 Å². The van der Waals surface area contributed by atoms with Crippen molar-refractivity contribution >= 4 is 0 Å². The Bertz CT molecular complexity index is 92.2. The molecule has 2 unspecified atom stereocenters. The second-order valence-electron chi connectivity index (χ2n) is 2.84. The van der Waals surface area contributed by atoms with Crippen LogP contribution in [0.25, 0.3) is 0 Å². The molecule has 60 valence electrons. The van der Waals surface area contributed by atoms with Gasteiger partial charge in [-0.2, -0.15) is 0 Å². The molecule has 0 aliphatic heterocycles. The maximum Gasteiger partial charge on any atom is -0.0236 e. The highest BCUT2D eigenvalue weighted by atomic mass is 14.2. The van der Waals surface area contributed by atoms with Crippen LogP contribution in [0.4, 0.5) is 0 Å². The molecule has 0 saturated heterocycles. The molecule has 0 nitrogen and oxygen atoms in total. The van der Waals surface area contributed by atoms with Crippen molar-refractivity contribution in [3.05, 3.63) is 12.2 Å². The van der Waals surface area contributed by atoms with Crippen molar-refractivity contribution in [2.24, 2.45) is 11.8 Å². The van der Waals surface area contributed by atoms with Gasteiger partial charge in [0, 0.05) is 0 Å². The van der Waals surface area contributed by atoms with Crippen molar-refractivity contribution in [3.8, 4) is 0 Å². The van der Waals surface area contributed by atoms with Gasteiger partial charge in [-0.15, -0.1) is 0 Å². The minimum atomic E-state index is 0.823. The maximum atomic E-state index is 2.33. The average molecular weight is 140 g/mol. The molecular weight excluding hydrogens is 120 g/mol. The molecule has 0 aromatic carbocycles. The van der Waals surface area contributed by atoms with Crippen LogP contribution in [0.15, 0.2) is 12.2 Å². The topological polar surface area (TPSA) is 0 Å². The molecule has 0 spiro atoms. The number of hydrogen-bond acceptors (Lipinski definition) is 0. The zero-order chi connectivity index (χ0) is 7.98. The van der Waals surface area contributed by atoms with Crippen LogP contribution in [0.3, 0.4) is 0 Å². The quantitative estimate of drug-likeness (QED) is 0.451. The third-order valence-corrected chi connectivity index (χ3v) is 2.13. The monoisotopic (exact) mass is 140 g/mol. The van der Waals surface area contributed by atoms with Crippen LogP contribution in [-0.4, -0.2) is 0 Å². The van der Waals surface area contributed by atoms with Crippen molar-refractivity contribution < 1.29 is 0 Å². The molecule has 1 aliphatic rings. The Balaban J connectivity index is 0.000000371. The lowest BCUT2D eigenvalue weighted by Gasteiger charge is -2.19. The fourth-order valence-electron chi connectivity index (χ4n) is 1.12. The van der Waals surface area contributed by atoms with Crippen LogP contribution in [0, 0.1) is 11.8 Å². The first-order valence-electron chi connectivity index (χ1n) is 4.47. The van der Waals surface area contributed by atoms with Gasteiger partial charge in [0.25, 0.3) is 0 Å². The zero-order valence-corrected chi connectivity index (χ0v) is 7.72. The highest BCUT2D eigenvalue weighted by Gasteiger charge is 2.10. The molecule has 0 amide bonds. The molecule has 1 aliphatic carbocycles. The van der Waals surface area contributed by atoms with E-state index in [1.807, 2.05) is 13.8 Å². The number of hydrogen-bond donors (Lipinski definition) is 0. The van der Waals surface area contributed by atoms with E-state index in [0.717, 1.165) is 11.8 Å². The van der Waals surface area contributed by atoms with Crippen LogP contribution in [0.2, 0.25) is 0 Å². The van der Waals surface area contributed by atoms with Crippen molar-refractivity contribution in [2.75, 3.05) is 0 Å².